The summed E-state index contributed by atoms with van der Waals surface area (Å²) in [6.45, 7) is 8.63. The molecule has 1 saturated carbocycles. The fourth-order valence-electron chi connectivity index (χ4n) is 5.06. The van der Waals surface area contributed by atoms with Gasteiger partial charge in [0.1, 0.15) is 5.82 Å². The molecule has 2 heterocycles. The zero-order chi connectivity index (χ0) is 23.5. The van der Waals surface area contributed by atoms with Gasteiger partial charge in [0.2, 0.25) is 5.91 Å². The number of halogens is 1. The number of benzene rings is 1. The number of anilines is 1. The molecule has 2 aliphatic rings. The van der Waals surface area contributed by atoms with Crippen LogP contribution < -0.4 is 5.32 Å². The van der Waals surface area contributed by atoms with Crippen molar-refractivity contribution in [1.82, 2.24) is 14.8 Å². The molecule has 1 aromatic heterocycles. The van der Waals surface area contributed by atoms with E-state index in [0.29, 0.717) is 30.2 Å². The van der Waals surface area contributed by atoms with Gasteiger partial charge >= 0.3 is 0 Å². The van der Waals surface area contributed by atoms with Gasteiger partial charge < -0.3 is 10.2 Å². The SMILES string of the molecule is Cc1cc(C(=O)Nc2cc(F)cc(CN3CCN(C(=O)C4CCCC4)C(C)C3)c2C)ccn1. The molecule has 1 saturated heterocycles. The van der Waals surface area contributed by atoms with Crippen LogP contribution in [0.25, 0.3) is 0 Å². The van der Waals surface area contributed by atoms with Gasteiger partial charge in [0, 0.05) is 61.3 Å². The van der Waals surface area contributed by atoms with Gasteiger partial charge in [-0.1, -0.05) is 12.8 Å². The number of hydrogen-bond donors (Lipinski definition) is 1. The van der Waals surface area contributed by atoms with Gasteiger partial charge in [-0.15, -0.1) is 0 Å². The van der Waals surface area contributed by atoms with Gasteiger partial charge in [-0.2, -0.15) is 0 Å². The minimum Gasteiger partial charge on any atom is -0.337 e. The quantitative estimate of drug-likeness (QED) is 0.734. The number of carbonyl (C=O) groups is 2. The molecule has 2 fully saturated rings. The van der Waals surface area contributed by atoms with Crippen LogP contribution in [-0.2, 0) is 11.3 Å². The first-order valence-electron chi connectivity index (χ1n) is 11.9. The summed E-state index contributed by atoms with van der Waals surface area (Å²) in [5.74, 6) is -0.162. The molecule has 0 bridgehead atoms. The Morgan fingerprint density at radius 3 is 2.61 bits per heavy atom. The maximum atomic E-state index is 14.5. The number of carbonyl (C=O) groups excluding carboxylic acids is 2. The first-order valence-corrected chi connectivity index (χ1v) is 11.9. The van der Waals surface area contributed by atoms with Gasteiger partial charge in [0.05, 0.1) is 0 Å². The molecular weight excluding hydrogens is 419 g/mol. The molecule has 7 heteroatoms. The molecule has 1 aliphatic heterocycles. The summed E-state index contributed by atoms with van der Waals surface area (Å²) in [6.07, 6.45) is 5.93. The lowest BCUT2D eigenvalue weighted by Crippen LogP contribution is -2.54. The Hall–Kier alpha value is -2.80. The van der Waals surface area contributed by atoms with Gasteiger partial charge in [-0.25, -0.2) is 4.39 Å². The van der Waals surface area contributed by atoms with Crippen molar-refractivity contribution >= 4 is 17.5 Å². The molecule has 1 N–H and O–H groups in total. The Kier molecular flexibility index (Phi) is 7.08. The standard InChI is InChI=1S/C26H33FN4O2/c1-17-12-21(8-9-28-17)25(32)29-24-14-23(27)13-22(19(24)3)16-30-10-11-31(18(2)15-30)26(33)20-6-4-5-7-20/h8-9,12-14,18,20H,4-7,10-11,15-16H2,1-3H3,(H,29,32). The fraction of sp³-hybridized carbons (Fsp3) is 0.500. The highest BCUT2D eigenvalue weighted by Crippen LogP contribution is 2.29. The number of aromatic nitrogens is 1. The summed E-state index contributed by atoms with van der Waals surface area (Å²) in [5, 5.41) is 2.86. The van der Waals surface area contributed by atoms with Crippen LogP contribution in [-0.4, -0.2) is 52.3 Å². The molecule has 1 atom stereocenters. The Bertz CT molecular complexity index is 1030. The van der Waals surface area contributed by atoms with E-state index in [4.69, 9.17) is 0 Å². The molecule has 0 spiro atoms. The van der Waals surface area contributed by atoms with Crippen molar-refractivity contribution in [3.8, 4) is 0 Å². The number of hydrogen-bond acceptors (Lipinski definition) is 4. The van der Waals surface area contributed by atoms with Crippen molar-refractivity contribution in [1.29, 1.82) is 0 Å². The lowest BCUT2D eigenvalue weighted by molar-refractivity contribution is -0.140. The van der Waals surface area contributed by atoms with Crippen molar-refractivity contribution < 1.29 is 14.0 Å². The second kappa shape index (κ2) is 10.00. The first kappa shape index (κ1) is 23.4. The Morgan fingerprint density at radius 2 is 1.91 bits per heavy atom. The highest BCUT2D eigenvalue weighted by molar-refractivity contribution is 6.04. The zero-order valence-corrected chi connectivity index (χ0v) is 19.7. The van der Waals surface area contributed by atoms with Crippen LogP contribution in [0.5, 0.6) is 0 Å². The monoisotopic (exact) mass is 452 g/mol. The van der Waals surface area contributed by atoms with Crippen LogP contribution in [0.15, 0.2) is 30.5 Å². The first-order chi connectivity index (χ1) is 15.8. The molecule has 1 unspecified atom stereocenters. The topological polar surface area (TPSA) is 65.5 Å². The smallest absolute Gasteiger partial charge is 0.255 e. The number of nitrogens with zero attached hydrogens (tertiary/aromatic N) is 3. The van der Waals surface area contributed by atoms with Crippen molar-refractivity contribution in [2.45, 2.75) is 59.0 Å². The summed E-state index contributed by atoms with van der Waals surface area (Å²) in [5.41, 5.74) is 3.42. The maximum absolute atomic E-state index is 14.5. The molecule has 2 aromatic rings. The summed E-state index contributed by atoms with van der Waals surface area (Å²) in [4.78, 5) is 34.0. The summed E-state index contributed by atoms with van der Waals surface area (Å²) >= 11 is 0. The van der Waals surface area contributed by atoms with E-state index >= 15 is 0 Å². The molecular formula is C26H33FN4O2. The highest BCUT2D eigenvalue weighted by Gasteiger charge is 2.33. The van der Waals surface area contributed by atoms with Crippen LogP contribution in [0.2, 0.25) is 0 Å². The Balaban J connectivity index is 1.43. The number of piperazine rings is 1. The third kappa shape index (κ3) is 5.41. The van der Waals surface area contributed by atoms with E-state index < -0.39 is 0 Å². The van der Waals surface area contributed by atoms with E-state index in [2.05, 4.69) is 22.1 Å². The highest BCUT2D eigenvalue weighted by atomic mass is 19.1. The normalized spacial score (nSPS) is 19.6. The van der Waals surface area contributed by atoms with Crippen molar-refractivity contribution in [2.24, 2.45) is 5.92 Å². The van der Waals surface area contributed by atoms with Crippen LogP contribution in [0, 0.1) is 25.6 Å². The molecule has 176 valence electrons. The van der Waals surface area contributed by atoms with E-state index in [-0.39, 0.29) is 23.7 Å². The fourth-order valence-corrected chi connectivity index (χ4v) is 5.06. The minimum absolute atomic E-state index is 0.134. The Morgan fingerprint density at radius 1 is 1.15 bits per heavy atom. The Labute approximate surface area is 195 Å². The number of pyridine rings is 1. The van der Waals surface area contributed by atoms with E-state index in [9.17, 15) is 14.0 Å². The maximum Gasteiger partial charge on any atom is 0.255 e. The third-order valence-electron chi connectivity index (χ3n) is 6.98. The van der Waals surface area contributed by atoms with Crippen LogP contribution in [0.1, 0.15) is 59.8 Å². The van der Waals surface area contributed by atoms with Crippen molar-refractivity contribution in [2.75, 3.05) is 25.0 Å². The minimum atomic E-state index is -0.375. The zero-order valence-electron chi connectivity index (χ0n) is 19.7. The molecule has 0 radical (unpaired) electrons. The van der Waals surface area contributed by atoms with E-state index in [1.165, 1.54) is 6.07 Å². The van der Waals surface area contributed by atoms with Gasteiger partial charge in [0.15, 0.2) is 0 Å². The lowest BCUT2D eigenvalue weighted by Gasteiger charge is -2.41. The second-order valence-electron chi connectivity index (χ2n) is 9.47. The molecule has 33 heavy (non-hydrogen) atoms. The third-order valence-corrected chi connectivity index (χ3v) is 6.98. The molecule has 6 nitrogen and oxygen atoms in total. The summed E-state index contributed by atoms with van der Waals surface area (Å²) in [6, 6.07) is 6.40. The lowest BCUT2D eigenvalue weighted by atomic mass is 10.0. The van der Waals surface area contributed by atoms with Gasteiger partial charge in [0.25, 0.3) is 5.91 Å². The second-order valence-corrected chi connectivity index (χ2v) is 9.47. The predicted molar refractivity (Wildman–Crippen MR) is 126 cm³/mol. The van der Waals surface area contributed by atoms with E-state index in [1.807, 2.05) is 18.7 Å². The summed E-state index contributed by atoms with van der Waals surface area (Å²) < 4.78 is 14.5. The molecule has 2 amide bonds. The predicted octanol–water partition coefficient (Wildman–Crippen LogP) is 4.31. The summed E-state index contributed by atoms with van der Waals surface area (Å²) in [7, 11) is 0. The number of nitrogens with one attached hydrogen (secondary N) is 1. The molecule has 1 aliphatic carbocycles. The van der Waals surface area contributed by atoms with Crippen molar-refractivity contribution in [3.05, 3.63) is 58.7 Å². The van der Waals surface area contributed by atoms with Crippen LogP contribution >= 0.6 is 0 Å². The number of amides is 2. The van der Waals surface area contributed by atoms with Crippen LogP contribution in [0.4, 0.5) is 10.1 Å². The average molecular weight is 453 g/mol. The van der Waals surface area contributed by atoms with Gasteiger partial charge in [-0.3, -0.25) is 19.5 Å². The van der Waals surface area contributed by atoms with Crippen LogP contribution in [0.3, 0.4) is 0 Å². The number of aryl methyl sites for hydroxylation is 1. The molecule has 4 rings (SSSR count). The van der Waals surface area contributed by atoms with E-state index in [0.717, 1.165) is 55.6 Å². The number of rotatable bonds is 5. The van der Waals surface area contributed by atoms with Crippen molar-refractivity contribution in [3.63, 3.8) is 0 Å². The van der Waals surface area contributed by atoms with Gasteiger partial charge in [-0.05, 0) is 69.0 Å². The van der Waals surface area contributed by atoms with E-state index in [1.54, 1.807) is 24.4 Å². The molecule has 1 aromatic carbocycles. The largest absolute Gasteiger partial charge is 0.337 e. The average Bonchev–Trinajstić information content (AvgIpc) is 3.31.